The van der Waals surface area contributed by atoms with Gasteiger partial charge in [-0.1, -0.05) is 11.6 Å². The third-order valence-corrected chi connectivity index (χ3v) is 5.57. The fourth-order valence-electron chi connectivity index (χ4n) is 2.88. The predicted molar refractivity (Wildman–Crippen MR) is 138 cm³/mol. The van der Waals surface area contributed by atoms with Crippen LogP contribution in [-0.2, 0) is 20.7 Å². The van der Waals surface area contributed by atoms with Crippen LogP contribution in [0.25, 0.3) is 0 Å². The van der Waals surface area contributed by atoms with Crippen LogP contribution in [-0.4, -0.2) is 28.8 Å². The molecule has 1 atom stereocenters. The van der Waals surface area contributed by atoms with E-state index >= 15 is 0 Å². The molecule has 9 heteroatoms. The van der Waals surface area contributed by atoms with E-state index in [0.29, 0.717) is 19.9 Å². The Kier molecular flexibility index (Phi) is 8.85. The summed E-state index contributed by atoms with van der Waals surface area (Å²) in [5.74, 6) is -0.829. The molecule has 0 radical (unpaired) electrons. The minimum atomic E-state index is -1.51. The molecule has 0 unspecified atom stereocenters. The van der Waals surface area contributed by atoms with Gasteiger partial charge in [-0.3, -0.25) is 0 Å². The van der Waals surface area contributed by atoms with Gasteiger partial charge in [0.15, 0.2) is 11.6 Å². The van der Waals surface area contributed by atoms with Crippen LogP contribution in [0.5, 0.6) is 11.5 Å². The topological polar surface area (TPSA) is 73.9 Å². The average Bonchev–Trinajstić information content (AvgIpc) is 2.64. The molecule has 0 saturated carbocycles. The normalized spacial score (nSPS) is 13.6. The molecule has 0 aliphatic rings. The highest BCUT2D eigenvalue weighted by atomic mass is 127. The van der Waals surface area contributed by atoms with Crippen molar-refractivity contribution < 1.29 is 28.2 Å². The molecule has 0 heterocycles. The number of carbonyl (C=O) groups is 2. The molecule has 0 aliphatic heterocycles. The zero-order chi connectivity index (χ0) is 25.9. The van der Waals surface area contributed by atoms with E-state index in [4.69, 9.17) is 25.8 Å². The molecule has 34 heavy (non-hydrogen) atoms. The van der Waals surface area contributed by atoms with Crippen molar-refractivity contribution in [3.63, 3.8) is 0 Å². The number of alkyl carbamates (subject to hydrolysis) is 1. The van der Waals surface area contributed by atoms with Gasteiger partial charge in [0.25, 0.3) is 0 Å². The molecule has 2 rings (SSSR count). The number of rotatable bonds is 6. The SMILES string of the molecule is CC(C)(C)OC(=O)N[C@@](C)(Cc1cc(F)c(Oc2ccc(Cl)cc2)cc1I)C(=O)OC(C)(C)C. The number of ether oxygens (including phenoxy) is 3. The number of hydrogen-bond donors (Lipinski definition) is 1. The number of amides is 1. The van der Waals surface area contributed by atoms with Crippen LogP contribution in [0.4, 0.5) is 9.18 Å². The van der Waals surface area contributed by atoms with Crippen molar-refractivity contribution in [1.29, 1.82) is 0 Å². The highest BCUT2D eigenvalue weighted by Gasteiger charge is 2.40. The van der Waals surface area contributed by atoms with E-state index in [-0.39, 0.29) is 12.2 Å². The lowest BCUT2D eigenvalue weighted by atomic mass is 9.92. The van der Waals surface area contributed by atoms with E-state index in [1.165, 1.54) is 19.1 Å². The van der Waals surface area contributed by atoms with Gasteiger partial charge in [-0.2, -0.15) is 0 Å². The van der Waals surface area contributed by atoms with E-state index in [0.717, 1.165) is 0 Å². The molecule has 2 aromatic rings. The number of hydrogen-bond acceptors (Lipinski definition) is 5. The summed E-state index contributed by atoms with van der Waals surface area (Å²) in [6.45, 7) is 11.9. The number of carbonyl (C=O) groups excluding carboxylic acids is 2. The van der Waals surface area contributed by atoms with Gasteiger partial charge < -0.3 is 19.5 Å². The minimum Gasteiger partial charge on any atom is -0.458 e. The smallest absolute Gasteiger partial charge is 0.408 e. The molecule has 2 aromatic carbocycles. The van der Waals surface area contributed by atoms with Gasteiger partial charge in [0.05, 0.1) is 0 Å². The first-order valence-electron chi connectivity index (χ1n) is 10.6. The Hall–Kier alpha value is -2.07. The molecule has 0 fully saturated rings. The lowest BCUT2D eigenvalue weighted by Crippen LogP contribution is -2.56. The number of esters is 1. The molecule has 1 amide bonds. The van der Waals surface area contributed by atoms with Crippen molar-refractivity contribution in [1.82, 2.24) is 5.32 Å². The maximum absolute atomic E-state index is 14.9. The molecule has 0 aromatic heterocycles. The zero-order valence-electron chi connectivity index (χ0n) is 20.3. The molecule has 6 nitrogen and oxygen atoms in total. The van der Waals surface area contributed by atoms with Crippen LogP contribution in [0, 0.1) is 9.39 Å². The lowest BCUT2D eigenvalue weighted by Gasteiger charge is -2.33. The monoisotopic (exact) mass is 605 g/mol. The summed E-state index contributed by atoms with van der Waals surface area (Å²) < 4.78 is 32.1. The van der Waals surface area contributed by atoms with Gasteiger partial charge in [-0.05, 0) is 113 Å². The molecule has 1 N–H and O–H groups in total. The van der Waals surface area contributed by atoms with Crippen LogP contribution in [0.15, 0.2) is 36.4 Å². The van der Waals surface area contributed by atoms with Crippen molar-refractivity contribution in [3.8, 4) is 11.5 Å². The first-order chi connectivity index (χ1) is 15.5. The zero-order valence-corrected chi connectivity index (χ0v) is 23.3. The summed E-state index contributed by atoms with van der Waals surface area (Å²) >= 11 is 7.92. The maximum Gasteiger partial charge on any atom is 0.408 e. The second-order valence-electron chi connectivity index (χ2n) is 10.1. The van der Waals surface area contributed by atoms with Crippen LogP contribution >= 0.6 is 34.2 Å². The summed E-state index contributed by atoms with van der Waals surface area (Å²) in [6.07, 6.45) is -0.809. The van der Waals surface area contributed by atoms with Crippen molar-refractivity contribution in [2.75, 3.05) is 0 Å². The van der Waals surface area contributed by atoms with Crippen LogP contribution in [0.3, 0.4) is 0 Å². The largest absolute Gasteiger partial charge is 0.458 e. The first-order valence-corrected chi connectivity index (χ1v) is 12.1. The van der Waals surface area contributed by atoms with Gasteiger partial charge >= 0.3 is 12.1 Å². The third kappa shape index (κ3) is 8.61. The lowest BCUT2D eigenvalue weighted by molar-refractivity contribution is -0.162. The van der Waals surface area contributed by atoms with Gasteiger partial charge in [0, 0.05) is 15.0 Å². The summed E-state index contributed by atoms with van der Waals surface area (Å²) in [6, 6.07) is 9.36. The maximum atomic E-state index is 14.9. The molecule has 0 aliphatic carbocycles. The van der Waals surface area contributed by atoms with Gasteiger partial charge in [0.2, 0.25) is 0 Å². The van der Waals surface area contributed by atoms with Crippen molar-refractivity contribution in [3.05, 3.63) is 56.4 Å². The van der Waals surface area contributed by atoms with Crippen LogP contribution < -0.4 is 10.1 Å². The van der Waals surface area contributed by atoms with E-state index in [1.807, 2.05) is 22.6 Å². The Morgan fingerprint density at radius 3 is 2.06 bits per heavy atom. The number of nitrogens with one attached hydrogen (secondary N) is 1. The van der Waals surface area contributed by atoms with Gasteiger partial charge in [-0.25, -0.2) is 14.0 Å². The summed E-state index contributed by atoms with van der Waals surface area (Å²) in [5.41, 5.74) is -2.57. The predicted octanol–water partition coefficient (Wildman–Crippen LogP) is 7.04. The van der Waals surface area contributed by atoms with Gasteiger partial charge in [-0.15, -0.1) is 0 Å². The summed E-state index contributed by atoms with van der Waals surface area (Å²) in [7, 11) is 0. The fourth-order valence-corrected chi connectivity index (χ4v) is 3.64. The van der Waals surface area contributed by atoms with E-state index in [2.05, 4.69) is 5.32 Å². The molecular weight excluding hydrogens is 576 g/mol. The standard InChI is InChI=1S/C25H30ClFINO5/c1-23(2,3)33-21(30)25(7,29-22(31)34-24(4,5)6)14-15-12-18(27)20(13-19(15)28)32-17-10-8-16(26)9-11-17/h8-13H,14H2,1-7H3,(H,29,31)/t25-/m0/s1. The van der Waals surface area contributed by atoms with Crippen molar-refractivity contribution >= 4 is 46.3 Å². The molecule has 0 bridgehead atoms. The Labute approximate surface area is 218 Å². The minimum absolute atomic E-state index is 0.0227. The Bertz CT molecular complexity index is 1050. The Morgan fingerprint density at radius 2 is 1.53 bits per heavy atom. The van der Waals surface area contributed by atoms with E-state index < -0.39 is 34.6 Å². The quantitative estimate of drug-likeness (QED) is 0.282. The number of benzene rings is 2. The Morgan fingerprint density at radius 1 is 0.971 bits per heavy atom. The first kappa shape index (κ1) is 28.2. The van der Waals surface area contributed by atoms with Gasteiger partial charge in [0.1, 0.15) is 22.5 Å². The van der Waals surface area contributed by atoms with Crippen LogP contribution in [0.1, 0.15) is 54.0 Å². The highest BCUT2D eigenvalue weighted by molar-refractivity contribution is 14.1. The molecule has 0 saturated heterocycles. The molecule has 0 spiro atoms. The van der Waals surface area contributed by atoms with Crippen molar-refractivity contribution in [2.24, 2.45) is 0 Å². The molecule has 186 valence electrons. The molecular formula is C25H30ClFINO5. The summed E-state index contributed by atoms with van der Waals surface area (Å²) in [5, 5.41) is 3.16. The third-order valence-electron chi connectivity index (χ3n) is 4.31. The second kappa shape index (κ2) is 10.7. The summed E-state index contributed by atoms with van der Waals surface area (Å²) in [4.78, 5) is 25.6. The highest BCUT2D eigenvalue weighted by Crippen LogP contribution is 2.31. The van der Waals surface area contributed by atoms with Crippen molar-refractivity contribution in [2.45, 2.75) is 71.6 Å². The average molecular weight is 606 g/mol. The number of halogens is 3. The Balaban J connectivity index is 2.35. The van der Waals surface area contributed by atoms with E-state index in [1.54, 1.807) is 65.8 Å². The van der Waals surface area contributed by atoms with E-state index in [9.17, 15) is 14.0 Å². The fraction of sp³-hybridized carbons (Fsp3) is 0.440. The van der Waals surface area contributed by atoms with Crippen LogP contribution in [0.2, 0.25) is 5.02 Å². The second-order valence-corrected chi connectivity index (χ2v) is 11.7.